The molecule has 4 heteroatoms. The fourth-order valence-corrected chi connectivity index (χ4v) is 4.06. The van der Waals surface area contributed by atoms with E-state index in [1.807, 2.05) is 11.8 Å². The van der Waals surface area contributed by atoms with E-state index in [1.54, 1.807) is 0 Å². The molecule has 1 N–H and O–H groups in total. The molecule has 2 saturated heterocycles. The third-order valence-electron chi connectivity index (χ3n) is 3.59. The minimum atomic E-state index is -0.643. The average Bonchev–Trinajstić information content (AvgIpc) is 2.72. The SMILES string of the molecule is CC1SCCC1N1CCC(CC(=O)O)C1. The van der Waals surface area contributed by atoms with Crippen LogP contribution in [-0.4, -0.2) is 46.1 Å². The molecule has 0 amide bonds. The van der Waals surface area contributed by atoms with E-state index in [4.69, 9.17) is 5.11 Å². The van der Waals surface area contributed by atoms with Crippen molar-refractivity contribution in [2.75, 3.05) is 18.8 Å². The highest BCUT2D eigenvalue weighted by atomic mass is 32.2. The van der Waals surface area contributed by atoms with Crippen molar-refractivity contribution < 1.29 is 9.90 Å². The van der Waals surface area contributed by atoms with E-state index < -0.39 is 5.97 Å². The van der Waals surface area contributed by atoms with E-state index in [2.05, 4.69) is 11.8 Å². The van der Waals surface area contributed by atoms with Gasteiger partial charge < -0.3 is 5.11 Å². The lowest BCUT2D eigenvalue weighted by Gasteiger charge is -2.26. The molecule has 0 spiro atoms. The summed E-state index contributed by atoms with van der Waals surface area (Å²) in [5.41, 5.74) is 0. The summed E-state index contributed by atoms with van der Waals surface area (Å²) >= 11 is 2.05. The molecule has 2 aliphatic rings. The van der Waals surface area contributed by atoms with Crippen LogP contribution in [0, 0.1) is 5.92 Å². The van der Waals surface area contributed by atoms with E-state index in [0.717, 1.165) is 24.8 Å². The van der Waals surface area contributed by atoms with Gasteiger partial charge in [-0.2, -0.15) is 11.8 Å². The van der Waals surface area contributed by atoms with Gasteiger partial charge in [0.15, 0.2) is 0 Å². The number of thioether (sulfide) groups is 1. The number of carboxylic acids is 1. The van der Waals surface area contributed by atoms with Crippen LogP contribution in [0.1, 0.15) is 26.2 Å². The number of hydrogen-bond acceptors (Lipinski definition) is 3. The zero-order valence-electron chi connectivity index (χ0n) is 9.19. The second-order valence-corrected chi connectivity index (χ2v) is 6.16. The predicted molar refractivity (Wildman–Crippen MR) is 62.3 cm³/mol. The third-order valence-corrected chi connectivity index (χ3v) is 4.90. The molecular formula is C11H19NO2S. The molecule has 2 rings (SSSR count). The molecule has 0 aliphatic carbocycles. The number of carboxylic acid groups (broad SMARTS) is 1. The Hall–Kier alpha value is -0.220. The van der Waals surface area contributed by atoms with E-state index in [-0.39, 0.29) is 0 Å². The van der Waals surface area contributed by atoms with Crippen molar-refractivity contribution in [2.24, 2.45) is 5.92 Å². The van der Waals surface area contributed by atoms with Crippen LogP contribution < -0.4 is 0 Å². The molecule has 0 aromatic heterocycles. The number of hydrogen-bond donors (Lipinski definition) is 1. The minimum absolute atomic E-state index is 0.352. The minimum Gasteiger partial charge on any atom is -0.481 e. The third kappa shape index (κ3) is 2.67. The molecule has 3 unspecified atom stereocenters. The van der Waals surface area contributed by atoms with Gasteiger partial charge in [-0.25, -0.2) is 0 Å². The highest BCUT2D eigenvalue weighted by Gasteiger charge is 2.34. The normalized spacial score (nSPS) is 37.3. The fourth-order valence-electron chi connectivity index (χ4n) is 2.78. The van der Waals surface area contributed by atoms with Crippen LogP contribution in [0.25, 0.3) is 0 Å². The summed E-state index contributed by atoms with van der Waals surface area (Å²) in [6.07, 6.45) is 2.70. The summed E-state index contributed by atoms with van der Waals surface area (Å²) in [6.45, 7) is 4.40. The first-order valence-electron chi connectivity index (χ1n) is 5.74. The van der Waals surface area contributed by atoms with Crippen molar-refractivity contribution in [3.05, 3.63) is 0 Å². The fraction of sp³-hybridized carbons (Fsp3) is 0.909. The van der Waals surface area contributed by atoms with Crippen LogP contribution in [0.2, 0.25) is 0 Å². The summed E-state index contributed by atoms with van der Waals surface area (Å²) in [5, 5.41) is 9.49. The number of carbonyl (C=O) groups is 1. The van der Waals surface area contributed by atoms with E-state index in [9.17, 15) is 4.79 Å². The van der Waals surface area contributed by atoms with Gasteiger partial charge in [0.25, 0.3) is 0 Å². The van der Waals surface area contributed by atoms with Crippen molar-refractivity contribution in [3.63, 3.8) is 0 Å². The molecule has 2 aliphatic heterocycles. The van der Waals surface area contributed by atoms with Crippen molar-refractivity contribution >= 4 is 17.7 Å². The summed E-state index contributed by atoms with van der Waals surface area (Å²) in [4.78, 5) is 13.1. The zero-order chi connectivity index (χ0) is 10.8. The summed E-state index contributed by atoms with van der Waals surface area (Å²) in [5.74, 6) is 1.02. The standard InChI is InChI=1S/C11H19NO2S/c1-8-10(3-5-15-8)12-4-2-9(7-12)6-11(13)14/h8-10H,2-7H2,1H3,(H,13,14). The van der Waals surface area contributed by atoms with Crippen LogP contribution in [0.3, 0.4) is 0 Å². The largest absolute Gasteiger partial charge is 0.481 e. The smallest absolute Gasteiger partial charge is 0.303 e. The lowest BCUT2D eigenvalue weighted by atomic mass is 10.1. The molecule has 0 aromatic rings. The average molecular weight is 229 g/mol. The van der Waals surface area contributed by atoms with Crippen molar-refractivity contribution in [2.45, 2.75) is 37.5 Å². The Morgan fingerprint density at radius 2 is 2.33 bits per heavy atom. The van der Waals surface area contributed by atoms with Gasteiger partial charge in [-0.3, -0.25) is 9.69 Å². The lowest BCUT2D eigenvalue weighted by molar-refractivity contribution is -0.138. The maximum absolute atomic E-state index is 10.6. The maximum Gasteiger partial charge on any atom is 0.303 e. The Bertz CT molecular complexity index is 247. The lowest BCUT2D eigenvalue weighted by Crippen LogP contribution is -2.37. The van der Waals surface area contributed by atoms with Gasteiger partial charge in [-0.15, -0.1) is 0 Å². The second-order valence-electron chi connectivity index (χ2n) is 4.68. The number of nitrogens with zero attached hydrogens (tertiary/aromatic N) is 1. The summed E-state index contributed by atoms with van der Waals surface area (Å²) in [7, 11) is 0. The molecule has 0 radical (unpaired) electrons. The molecular weight excluding hydrogens is 210 g/mol. The number of rotatable bonds is 3. The first-order valence-corrected chi connectivity index (χ1v) is 6.79. The second kappa shape index (κ2) is 4.74. The quantitative estimate of drug-likeness (QED) is 0.799. The van der Waals surface area contributed by atoms with Gasteiger partial charge in [-0.05, 0) is 31.1 Å². The molecule has 86 valence electrons. The molecule has 15 heavy (non-hydrogen) atoms. The van der Waals surface area contributed by atoms with E-state index >= 15 is 0 Å². The number of aliphatic carboxylic acids is 1. The highest BCUT2D eigenvalue weighted by Crippen LogP contribution is 2.33. The predicted octanol–water partition coefficient (Wildman–Crippen LogP) is 1.68. The van der Waals surface area contributed by atoms with Gasteiger partial charge in [0.2, 0.25) is 0 Å². The van der Waals surface area contributed by atoms with Gasteiger partial charge in [-0.1, -0.05) is 6.92 Å². The molecule has 0 saturated carbocycles. The van der Waals surface area contributed by atoms with E-state index in [1.165, 1.54) is 12.2 Å². The zero-order valence-corrected chi connectivity index (χ0v) is 10.0. The first-order chi connectivity index (χ1) is 7.16. The van der Waals surface area contributed by atoms with Crippen molar-refractivity contribution in [1.82, 2.24) is 4.90 Å². The molecule has 2 heterocycles. The van der Waals surface area contributed by atoms with Crippen LogP contribution in [0.4, 0.5) is 0 Å². The molecule has 0 aromatic carbocycles. The first kappa shape index (κ1) is 11.3. The molecule has 0 bridgehead atoms. The van der Waals surface area contributed by atoms with Gasteiger partial charge in [0.05, 0.1) is 0 Å². The van der Waals surface area contributed by atoms with Gasteiger partial charge in [0, 0.05) is 24.3 Å². The Morgan fingerprint density at radius 3 is 2.93 bits per heavy atom. The summed E-state index contributed by atoms with van der Waals surface area (Å²) in [6, 6.07) is 0.703. The topological polar surface area (TPSA) is 40.5 Å². The van der Waals surface area contributed by atoms with Gasteiger partial charge in [0.1, 0.15) is 0 Å². The van der Waals surface area contributed by atoms with Crippen molar-refractivity contribution in [3.8, 4) is 0 Å². The van der Waals surface area contributed by atoms with Gasteiger partial charge >= 0.3 is 5.97 Å². The Balaban J connectivity index is 1.84. The Morgan fingerprint density at radius 1 is 1.53 bits per heavy atom. The van der Waals surface area contributed by atoms with Crippen LogP contribution in [-0.2, 0) is 4.79 Å². The Labute approximate surface area is 95.2 Å². The number of likely N-dealkylation sites (tertiary alicyclic amines) is 1. The van der Waals surface area contributed by atoms with Crippen LogP contribution >= 0.6 is 11.8 Å². The van der Waals surface area contributed by atoms with Crippen molar-refractivity contribution in [1.29, 1.82) is 0 Å². The van der Waals surface area contributed by atoms with Crippen LogP contribution in [0.15, 0.2) is 0 Å². The highest BCUT2D eigenvalue weighted by molar-refractivity contribution is 8.00. The van der Waals surface area contributed by atoms with E-state index in [0.29, 0.717) is 18.4 Å². The monoisotopic (exact) mass is 229 g/mol. The molecule has 2 fully saturated rings. The Kier molecular flexibility index (Phi) is 3.57. The summed E-state index contributed by atoms with van der Waals surface area (Å²) < 4.78 is 0. The molecule has 3 nitrogen and oxygen atoms in total. The van der Waals surface area contributed by atoms with Crippen LogP contribution in [0.5, 0.6) is 0 Å². The molecule has 3 atom stereocenters. The maximum atomic E-state index is 10.6.